The molecule has 1 unspecified atom stereocenters. The largest absolute Gasteiger partial charge is 0.507 e. The van der Waals surface area contributed by atoms with Crippen LogP contribution in [0.1, 0.15) is 24.0 Å². The summed E-state index contributed by atoms with van der Waals surface area (Å²) in [5.41, 5.74) is 9.83. The molecule has 2 heterocycles. The lowest BCUT2D eigenvalue weighted by Crippen LogP contribution is -1.99. The van der Waals surface area contributed by atoms with Crippen molar-refractivity contribution in [2.24, 2.45) is 0 Å². The van der Waals surface area contributed by atoms with E-state index in [-0.39, 0.29) is 11.7 Å². The van der Waals surface area contributed by atoms with E-state index in [1.165, 1.54) is 5.56 Å². The molecular formula is C38H29N3O. The maximum Gasteiger partial charge on any atom is 0.149 e. The summed E-state index contributed by atoms with van der Waals surface area (Å²) in [6.45, 7) is 2.16. The molecule has 1 atom stereocenters. The summed E-state index contributed by atoms with van der Waals surface area (Å²) in [5.74, 6) is 1.06. The summed E-state index contributed by atoms with van der Waals surface area (Å²) < 4.78 is 2.14. The predicted molar refractivity (Wildman–Crippen MR) is 171 cm³/mol. The lowest BCUT2D eigenvalue weighted by Gasteiger charge is -2.15. The van der Waals surface area contributed by atoms with Crippen LogP contribution < -0.4 is 0 Å². The fourth-order valence-corrected chi connectivity index (χ4v) is 5.67. The summed E-state index contributed by atoms with van der Waals surface area (Å²) >= 11 is 0. The highest BCUT2D eigenvalue weighted by Crippen LogP contribution is 2.39. The first-order chi connectivity index (χ1) is 20.7. The Balaban J connectivity index is 1.40. The van der Waals surface area contributed by atoms with Crippen molar-refractivity contribution < 1.29 is 5.11 Å². The molecule has 0 saturated heterocycles. The molecule has 0 aliphatic heterocycles. The van der Waals surface area contributed by atoms with Crippen molar-refractivity contribution in [3.63, 3.8) is 0 Å². The van der Waals surface area contributed by atoms with Gasteiger partial charge in [-0.3, -0.25) is 9.55 Å². The Morgan fingerprint density at radius 2 is 1.36 bits per heavy atom. The van der Waals surface area contributed by atoms with E-state index in [9.17, 15) is 5.11 Å². The van der Waals surface area contributed by atoms with Crippen LogP contribution >= 0.6 is 0 Å². The maximum atomic E-state index is 11.4. The van der Waals surface area contributed by atoms with Crippen molar-refractivity contribution >= 4 is 11.0 Å². The molecule has 4 nitrogen and oxygen atoms in total. The van der Waals surface area contributed by atoms with Gasteiger partial charge in [-0.05, 0) is 65.2 Å². The highest BCUT2D eigenvalue weighted by atomic mass is 16.3. The number of phenolic OH excluding ortho intramolecular Hbond substituents is 1. The van der Waals surface area contributed by atoms with E-state index in [4.69, 9.17) is 4.98 Å². The number of phenols is 1. The van der Waals surface area contributed by atoms with Crippen molar-refractivity contribution in [3.05, 3.63) is 157 Å². The molecule has 0 bridgehead atoms. The molecule has 0 amide bonds. The van der Waals surface area contributed by atoms with Gasteiger partial charge in [0.25, 0.3) is 0 Å². The van der Waals surface area contributed by atoms with Crippen molar-refractivity contribution in [1.82, 2.24) is 14.5 Å². The van der Waals surface area contributed by atoms with Crippen LogP contribution in [0, 0.1) is 0 Å². The molecule has 5 aromatic carbocycles. The van der Waals surface area contributed by atoms with Crippen molar-refractivity contribution in [1.29, 1.82) is 0 Å². The Kier molecular flexibility index (Phi) is 6.57. The third-order valence-corrected chi connectivity index (χ3v) is 7.90. The smallest absolute Gasteiger partial charge is 0.149 e. The molecule has 0 fully saturated rings. The number of fused-ring (bicyclic) bond motifs is 1. The minimum Gasteiger partial charge on any atom is -0.507 e. The number of aromatic nitrogens is 3. The molecular weight excluding hydrogens is 514 g/mol. The second-order valence-electron chi connectivity index (χ2n) is 10.5. The van der Waals surface area contributed by atoms with E-state index in [2.05, 4.69) is 89.3 Å². The number of aromatic hydroxyl groups is 1. The third kappa shape index (κ3) is 4.63. The topological polar surface area (TPSA) is 50.9 Å². The third-order valence-electron chi connectivity index (χ3n) is 7.90. The van der Waals surface area contributed by atoms with Crippen molar-refractivity contribution in [3.8, 4) is 45.2 Å². The standard InChI is InChI=1S/C38H29N3O/c1-26(27-12-4-2-5-13-27)28-21-22-33(36(42)25-28)38-40-37-32(18-11-20-35(37)41(38)31-16-6-3-7-17-31)29-14-10-15-30(24-29)34-19-8-9-23-39-34/h2-26,42H,1H3. The molecule has 0 aliphatic carbocycles. The molecule has 4 heteroatoms. The van der Waals surface area contributed by atoms with E-state index < -0.39 is 0 Å². The Bertz CT molecular complexity index is 2000. The van der Waals surface area contributed by atoms with Crippen LogP contribution in [0.15, 0.2) is 146 Å². The van der Waals surface area contributed by atoms with Gasteiger partial charge in [0, 0.05) is 28.9 Å². The number of para-hydroxylation sites is 2. The lowest BCUT2D eigenvalue weighted by atomic mass is 9.92. The number of hydrogen-bond donors (Lipinski definition) is 1. The fraction of sp³-hybridized carbons (Fsp3) is 0.0526. The minimum atomic E-state index is 0.150. The van der Waals surface area contributed by atoms with Gasteiger partial charge >= 0.3 is 0 Å². The summed E-state index contributed by atoms with van der Waals surface area (Å²) in [4.78, 5) is 9.76. The van der Waals surface area contributed by atoms with Crippen LogP contribution in [0.5, 0.6) is 5.75 Å². The second-order valence-corrected chi connectivity index (χ2v) is 10.5. The lowest BCUT2D eigenvalue weighted by molar-refractivity contribution is 0.475. The summed E-state index contributed by atoms with van der Waals surface area (Å²) in [6, 6.07) is 47.1. The Hall–Kier alpha value is -5.48. The van der Waals surface area contributed by atoms with Gasteiger partial charge in [-0.1, -0.05) is 97.9 Å². The predicted octanol–water partition coefficient (Wildman–Crippen LogP) is 9.28. The first kappa shape index (κ1) is 25.5. The monoisotopic (exact) mass is 543 g/mol. The minimum absolute atomic E-state index is 0.150. The number of benzene rings is 5. The first-order valence-electron chi connectivity index (χ1n) is 14.1. The van der Waals surface area contributed by atoms with Gasteiger partial charge in [-0.25, -0.2) is 4.98 Å². The Morgan fingerprint density at radius 3 is 2.12 bits per heavy atom. The van der Waals surface area contributed by atoms with Crippen molar-refractivity contribution in [2.75, 3.05) is 0 Å². The highest BCUT2D eigenvalue weighted by molar-refractivity contribution is 5.96. The zero-order valence-electron chi connectivity index (χ0n) is 23.2. The van der Waals surface area contributed by atoms with E-state index in [0.29, 0.717) is 11.4 Å². The molecule has 0 saturated carbocycles. The van der Waals surface area contributed by atoms with E-state index in [1.54, 1.807) is 0 Å². The molecule has 42 heavy (non-hydrogen) atoms. The van der Waals surface area contributed by atoms with Crippen LogP contribution in [0.2, 0.25) is 0 Å². The first-order valence-corrected chi connectivity index (χ1v) is 14.1. The molecule has 202 valence electrons. The van der Waals surface area contributed by atoms with E-state index in [1.807, 2.05) is 72.9 Å². The van der Waals surface area contributed by atoms with Crippen LogP contribution in [0.4, 0.5) is 0 Å². The number of hydrogen-bond acceptors (Lipinski definition) is 3. The average Bonchev–Trinajstić information content (AvgIpc) is 3.45. The van der Waals surface area contributed by atoms with Crippen molar-refractivity contribution in [2.45, 2.75) is 12.8 Å². The van der Waals surface area contributed by atoms with Gasteiger partial charge in [0.1, 0.15) is 11.6 Å². The number of rotatable bonds is 6. The van der Waals surface area contributed by atoms with Crippen LogP contribution in [-0.2, 0) is 0 Å². The van der Waals surface area contributed by atoms with Gasteiger partial charge in [-0.15, -0.1) is 0 Å². The average molecular weight is 544 g/mol. The zero-order chi connectivity index (χ0) is 28.5. The SMILES string of the molecule is CC(c1ccccc1)c1ccc(-c2nc3c(-c4cccc(-c5ccccn5)c4)cccc3n2-c2ccccc2)c(O)c1. The fourth-order valence-electron chi connectivity index (χ4n) is 5.67. The maximum absolute atomic E-state index is 11.4. The quantitative estimate of drug-likeness (QED) is 0.227. The number of pyridine rings is 1. The highest BCUT2D eigenvalue weighted by Gasteiger charge is 2.21. The summed E-state index contributed by atoms with van der Waals surface area (Å²) in [6.07, 6.45) is 1.81. The molecule has 0 aliphatic rings. The van der Waals surface area contributed by atoms with Gasteiger partial charge in [0.2, 0.25) is 0 Å². The van der Waals surface area contributed by atoms with Crippen LogP contribution in [0.25, 0.3) is 50.5 Å². The van der Waals surface area contributed by atoms with Crippen LogP contribution in [-0.4, -0.2) is 19.6 Å². The normalized spacial score (nSPS) is 11.9. The summed E-state index contributed by atoms with van der Waals surface area (Å²) in [5, 5.41) is 11.4. The van der Waals surface area contributed by atoms with Gasteiger partial charge < -0.3 is 5.11 Å². The van der Waals surface area contributed by atoms with Gasteiger partial charge in [-0.2, -0.15) is 0 Å². The molecule has 7 rings (SSSR count). The molecule has 0 spiro atoms. The number of imidazole rings is 1. The summed E-state index contributed by atoms with van der Waals surface area (Å²) in [7, 11) is 0. The number of nitrogens with zero attached hydrogens (tertiary/aromatic N) is 3. The van der Waals surface area contributed by atoms with E-state index in [0.717, 1.165) is 44.7 Å². The molecule has 1 N–H and O–H groups in total. The molecule has 7 aromatic rings. The van der Waals surface area contributed by atoms with Gasteiger partial charge in [0.05, 0.1) is 22.3 Å². The zero-order valence-corrected chi connectivity index (χ0v) is 23.2. The Labute approximate surface area is 245 Å². The van der Waals surface area contributed by atoms with Gasteiger partial charge in [0.15, 0.2) is 0 Å². The second kappa shape index (κ2) is 10.8. The molecule has 0 radical (unpaired) electrons. The van der Waals surface area contributed by atoms with E-state index >= 15 is 0 Å². The molecule has 2 aromatic heterocycles. The van der Waals surface area contributed by atoms with Crippen LogP contribution in [0.3, 0.4) is 0 Å². The Morgan fingerprint density at radius 1 is 0.619 bits per heavy atom.